The fraction of sp³-hybridized carbons (Fsp3) is 0.818. The van der Waals surface area contributed by atoms with Gasteiger partial charge in [-0.2, -0.15) is 0 Å². The van der Waals surface area contributed by atoms with Gasteiger partial charge in [-0.05, 0) is 32.9 Å². The van der Waals surface area contributed by atoms with E-state index < -0.39 is 0 Å². The Morgan fingerprint density at radius 3 is 2.64 bits per heavy atom. The molecule has 3 heteroatoms. The van der Waals surface area contributed by atoms with E-state index in [1.165, 1.54) is 38.9 Å². The number of nitrogens with one attached hydrogen (secondary N) is 1. The van der Waals surface area contributed by atoms with Crippen molar-refractivity contribution in [3.05, 3.63) is 11.1 Å². The lowest BCUT2D eigenvalue weighted by atomic mass is 10.1. The molecular weight excluding hydrogens is 240 g/mol. The second kappa shape index (κ2) is 6.59. The van der Waals surface area contributed by atoms with Gasteiger partial charge in [0, 0.05) is 23.6 Å². The lowest BCUT2D eigenvalue weighted by Crippen LogP contribution is -2.41. The van der Waals surface area contributed by atoms with Gasteiger partial charge in [-0.25, -0.2) is 0 Å². The Morgan fingerprint density at radius 2 is 2.07 bits per heavy atom. The first-order valence-electron chi connectivity index (χ1n) is 5.47. The van der Waals surface area contributed by atoms with E-state index in [1.807, 2.05) is 0 Å². The second-order valence-electron chi connectivity index (χ2n) is 4.16. The molecule has 1 saturated heterocycles. The van der Waals surface area contributed by atoms with Crippen LogP contribution in [0.2, 0.25) is 0 Å². The van der Waals surface area contributed by atoms with Crippen molar-refractivity contribution in [3.63, 3.8) is 0 Å². The number of rotatable bonds is 5. The van der Waals surface area contributed by atoms with Crippen molar-refractivity contribution in [2.45, 2.75) is 32.2 Å². The normalized spacial score (nSPS) is 20.7. The first kappa shape index (κ1) is 12.2. The molecule has 1 atom stereocenters. The summed E-state index contributed by atoms with van der Waals surface area (Å²) in [7, 11) is 0. The van der Waals surface area contributed by atoms with Crippen molar-refractivity contribution in [3.8, 4) is 0 Å². The monoisotopic (exact) mass is 260 g/mol. The number of hydrogen-bond donors (Lipinski definition) is 1. The first-order chi connectivity index (χ1) is 6.68. The zero-order valence-electron chi connectivity index (χ0n) is 9.06. The van der Waals surface area contributed by atoms with E-state index in [0.717, 1.165) is 11.0 Å². The van der Waals surface area contributed by atoms with E-state index in [1.54, 1.807) is 0 Å². The molecule has 0 amide bonds. The highest BCUT2D eigenvalue weighted by Crippen LogP contribution is 2.08. The average molecular weight is 261 g/mol. The van der Waals surface area contributed by atoms with Gasteiger partial charge in [-0.1, -0.05) is 28.9 Å². The van der Waals surface area contributed by atoms with Crippen molar-refractivity contribution in [1.82, 2.24) is 10.2 Å². The van der Waals surface area contributed by atoms with Gasteiger partial charge < -0.3 is 10.2 Å². The highest BCUT2D eigenvalue weighted by molar-refractivity contribution is 9.11. The Morgan fingerprint density at radius 1 is 1.43 bits per heavy atom. The quantitative estimate of drug-likeness (QED) is 0.817. The average Bonchev–Trinajstić information content (AvgIpc) is 2.16. The summed E-state index contributed by atoms with van der Waals surface area (Å²) >= 11 is 3.36. The first-order valence-corrected chi connectivity index (χ1v) is 6.27. The van der Waals surface area contributed by atoms with Crippen LogP contribution in [0.4, 0.5) is 0 Å². The van der Waals surface area contributed by atoms with Crippen molar-refractivity contribution in [2.75, 3.05) is 26.2 Å². The molecule has 1 aliphatic heterocycles. The molecular formula is C11H21BrN2. The van der Waals surface area contributed by atoms with Crippen LogP contribution in [0.25, 0.3) is 0 Å². The minimum absolute atomic E-state index is 0.558. The van der Waals surface area contributed by atoms with Crippen molar-refractivity contribution >= 4 is 15.9 Å². The molecule has 0 radical (unpaired) electrons. The molecule has 1 aliphatic rings. The maximum absolute atomic E-state index is 3.81. The molecule has 0 saturated carbocycles. The summed E-state index contributed by atoms with van der Waals surface area (Å²) in [6.07, 6.45) is 4.16. The number of likely N-dealkylation sites (tertiary alicyclic amines) is 1. The topological polar surface area (TPSA) is 15.3 Å². The molecule has 0 aliphatic carbocycles. The predicted octanol–water partition coefficient (Wildman–Crippen LogP) is 2.36. The van der Waals surface area contributed by atoms with Crippen LogP contribution in [0.5, 0.6) is 0 Å². The zero-order valence-corrected chi connectivity index (χ0v) is 10.6. The zero-order chi connectivity index (χ0) is 10.4. The van der Waals surface area contributed by atoms with Crippen LogP contribution in [0.3, 0.4) is 0 Å². The van der Waals surface area contributed by atoms with Crippen LogP contribution in [0.1, 0.15) is 26.2 Å². The fourth-order valence-electron chi connectivity index (χ4n) is 1.88. The van der Waals surface area contributed by atoms with Gasteiger partial charge in [0.25, 0.3) is 0 Å². The van der Waals surface area contributed by atoms with Crippen LogP contribution in [0, 0.1) is 0 Å². The van der Waals surface area contributed by atoms with Gasteiger partial charge in [0.15, 0.2) is 0 Å². The molecule has 0 aromatic rings. The number of nitrogens with zero attached hydrogens (tertiary/aromatic N) is 1. The van der Waals surface area contributed by atoms with Gasteiger partial charge >= 0.3 is 0 Å². The Labute approximate surface area is 95.9 Å². The summed E-state index contributed by atoms with van der Waals surface area (Å²) in [6.45, 7) is 10.7. The lowest BCUT2D eigenvalue weighted by Gasteiger charge is -2.29. The van der Waals surface area contributed by atoms with Gasteiger partial charge in [0.1, 0.15) is 0 Å². The van der Waals surface area contributed by atoms with Crippen LogP contribution < -0.4 is 5.32 Å². The standard InChI is InChI=1S/C11H21BrN2/c1-10(12)8-13-11(2)9-14-6-4-3-5-7-14/h11,13H,1,3-9H2,2H3. The Kier molecular flexibility index (Phi) is 5.75. The molecule has 82 valence electrons. The molecule has 0 aromatic carbocycles. The molecule has 1 unspecified atom stereocenters. The predicted molar refractivity (Wildman–Crippen MR) is 65.8 cm³/mol. The van der Waals surface area contributed by atoms with E-state index in [0.29, 0.717) is 6.04 Å². The van der Waals surface area contributed by atoms with E-state index >= 15 is 0 Å². The molecule has 0 spiro atoms. The maximum atomic E-state index is 3.81. The Hall–Kier alpha value is 0.140. The van der Waals surface area contributed by atoms with Gasteiger partial charge in [-0.3, -0.25) is 0 Å². The maximum Gasteiger partial charge on any atom is 0.0268 e. The van der Waals surface area contributed by atoms with Crippen LogP contribution in [0.15, 0.2) is 11.1 Å². The summed E-state index contributed by atoms with van der Waals surface area (Å²) < 4.78 is 1.03. The molecule has 1 rings (SSSR count). The number of piperidine rings is 1. The van der Waals surface area contributed by atoms with Crippen molar-refractivity contribution in [1.29, 1.82) is 0 Å². The van der Waals surface area contributed by atoms with Gasteiger partial charge in [0.2, 0.25) is 0 Å². The van der Waals surface area contributed by atoms with Gasteiger partial charge in [-0.15, -0.1) is 0 Å². The highest BCUT2D eigenvalue weighted by atomic mass is 79.9. The third-order valence-electron chi connectivity index (χ3n) is 2.62. The summed E-state index contributed by atoms with van der Waals surface area (Å²) in [5.41, 5.74) is 0. The van der Waals surface area contributed by atoms with Gasteiger partial charge in [0.05, 0.1) is 0 Å². The highest BCUT2D eigenvalue weighted by Gasteiger charge is 2.12. The molecule has 0 aromatic heterocycles. The molecule has 1 fully saturated rings. The second-order valence-corrected chi connectivity index (χ2v) is 5.28. The van der Waals surface area contributed by atoms with Crippen LogP contribution in [-0.2, 0) is 0 Å². The number of halogens is 1. The minimum atomic E-state index is 0.558. The molecule has 0 bridgehead atoms. The number of hydrogen-bond acceptors (Lipinski definition) is 2. The SMILES string of the molecule is C=C(Br)CNC(C)CN1CCCCC1. The smallest absolute Gasteiger partial charge is 0.0268 e. The van der Waals surface area contributed by atoms with E-state index in [2.05, 4.69) is 39.6 Å². The van der Waals surface area contributed by atoms with Crippen LogP contribution >= 0.6 is 15.9 Å². The molecule has 2 nitrogen and oxygen atoms in total. The summed E-state index contributed by atoms with van der Waals surface area (Å²) in [6, 6.07) is 0.558. The molecule has 1 heterocycles. The summed E-state index contributed by atoms with van der Waals surface area (Å²) in [4.78, 5) is 2.55. The third kappa shape index (κ3) is 5.13. The largest absolute Gasteiger partial charge is 0.308 e. The lowest BCUT2D eigenvalue weighted by molar-refractivity contribution is 0.210. The van der Waals surface area contributed by atoms with E-state index in [-0.39, 0.29) is 0 Å². The Balaban J connectivity index is 2.11. The molecule has 14 heavy (non-hydrogen) atoms. The Bertz CT molecular complexity index is 176. The summed E-state index contributed by atoms with van der Waals surface area (Å²) in [5.74, 6) is 0. The summed E-state index contributed by atoms with van der Waals surface area (Å²) in [5, 5.41) is 3.44. The van der Waals surface area contributed by atoms with Crippen LogP contribution in [-0.4, -0.2) is 37.1 Å². The van der Waals surface area contributed by atoms with Crippen molar-refractivity contribution in [2.24, 2.45) is 0 Å². The van der Waals surface area contributed by atoms with E-state index in [4.69, 9.17) is 0 Å². The van der Waals surface area contributed by atoms with E-state index in [9.17, 15) is 0 Å². The van der Waals surface area contributed by atoms with Crippen molar-refractivity contribution < 1.29 is 0 Å². The third-order valence-corrected chi connectivity index (χ3v) is 2.90. The fourth-order valence-corrected chi connectivity index (χ4v) is 2.04. The minimum Gasteiger partial charge on any atom is -0.308 e. The molecule has 1 N–H and O–H groups in total.